The molecule has 3 heteroatoms. The predicted molar refractivity (Wildman–Crippen MR) is 90.1 cm³/mol. The third-order valence-corrected chi connectivity index (χ3v) is 5.69. The van der Waals surface area contributed by atoms with Crippen molar-refractivity contribution in [1.82, 2.24) is 4.57 Å². The first-order valence-corrected chi connectivity index (χ1v) is 8.58. The van der Waals surface area contributed by atoms with Gasteiger partial charge in [-0.1, -0.05) is 42.5 Å². The Kier molecular flexibility index (Phi) is 2.64. The van der Waals surface area contributed by atoms with Gasteiger partial charge in [0.25, 0.3) is 0 Å². The Labute approximate surface area is 133 Å². The van der Waals surface area contributed by atoms with Crippen LogP contribution in [0.1, 0.15) is 22.2 Å². The first-order chi connectivity index (χ1) is 10.9. The minimum Gasteiger partial charge on any atom is -0.488 e. The zero-order valence-electron chi connectivity index (χ0n) is 12.0. The van der Waals surface area contributed by atoms with E-state index in [-0.39, 0.29) is 0 Å². The molecule has 0 N–H and O–H groups in total. The Hall–Kier alpha value is -2.13. The Morgan fingerprint density at radius 2 is 1.82 bits per heavy atom. The lowest BCUT2D eigenvalue weighted by molar-refractivity contribution is 0.301. The molecule has 3 heterocycles. The second-order valence-corrected chi connectivity index (χ2v) is 6.81. The van der Waals surface area contributed by atoms with Crippen molar-refractivity contribution in [1.29, 1.82) is 0 Å². The lowest BCUT2D eigenvalue weighted by Gasteiger charge is -2.23. The molecule has 0 saturated heterocycles. The van der Waals surface area contributed by atoms with Crippen LogP contribution in [0.25, 0.3) is 11.3 Å². The topological polar surface area (TPSA) is 14.2 Å². The second-order valence-electron chi connectivity index (χ2n) is 5.74. The van der Waals surface area contributed by atoms with Gasteiger partial charge in [-0.05, 0) is 23.8 Å². The average Bonchev–Trinajstić information content (AvgIpc) is 3.14. The van der Waals surface area contributed by atoms with E-state index in [9.17, 15) is 0 Å². The van der Waals surface area contributed by atoms with Crippen LogP contribution in [-0.4, -0.2) is 4.57 Å². The first-order valence-electron chi connectivity index (χ1n) is 7.53. The highest BCUT2D eigenvalue weighted by Gasteiger charge is 2.32. The van der Waals surface area contributed by atoms with Crippen molar-refractivity contribution in [2.75, 3.05) is 0 Å². The van der Waals surface area contributed by atoms with Gasteiger partial charge in [-0.2, -0.15) is 0 Å². The van der Waals surface area contributed by atoms with Crippen LogP contribution in [0.5, 0.6) is 5.75 Å². The summed E-state index contributed by atoms with van der Waals surface area (Å²) in [6, 6.07) is 21.5. The van der Waals surface area contributed by atoms with Crippen molar-refractivity contribution in [3.05, 3.63) is 77.5 Å². The smallest absolute Gasteiger partial charge is 0.129 e. The van der Waals surface area contributed by atoms with E-state index < -0.39 is 0 Å². The number of benzene rings is 2. The average molecular weight is 305 g/mol. The standard InChI is InChI=1S/C19H15NOS/c1-2-6-13(7-3-1)19-20-15(12-22-19)10-14-11-21-17-9-5-4-8-16(17)18(14)20/h1-10,19H,11-12H2/t19-/m1/s1. The van der Waals surface area contributed by atoms with E-state index in [0.29, 0.717) is 12.0 Å². The summed E-state index contributed by atoms with van der Waals surface area (Å²) in [4.78, 5) is 0. The number of fused-ring (bicyclic) bond motifs is 5. The van der Waals surface area contributed by atoms with E-state index in [4.69, 9.17) is 4.74 Å². The third-order valence-electron chi connectivity index (χ3n) is 4.43. The SMILES string of the molecule is c1ccc([C@H]2SCc3cc4c(n32)-c2ccccc2OC4)cc1. The van der Waals surface area contributed by atoms with Crippen LogP contribution in [0.15, 0.2) is 60.7 Å². The Morgan fingerprint density at radius 3 is 2.73 bits per heavy atom. The molecule has 0 unspecified atom stereocenters. The fraction of sp³-hybridized carbons (Fsp3) is 0.158. The molecule has 3 aromatic rings. The van der Waals surface area contributed by atoms with Crippen LogP contribution in [0.4, 0.5) is 0 Å². The molecule has 5 rings (SSSR count). The summed E-state index contributed by atoms with van der Waals surface area (Å²) in [5.74, 6) is 2.06. The van der Waals surface area contributed by atoms with Crippen LogP contribution in [-0.2, 0) is 12.4 Å². The minimum absolute atomic E-state index is 0.367. The highest BCUT2D eigenvalue weighted by atomic mass is 32.2. The van der Waals surface area contributed by atoms with Crippen molar-refractivity contribution in [2.24, 2.45) is 0 Å². The van der Waals surface area contributed by atoms with Gasteiger partial charge in [0.2, 0.25) is 0 Å². The van der Waals surface area contributed by atoms with Crippen molar-refractivity contribution in [3.63, 3.8) is 0 Å². The van der Waals surface area contributed by atoms with Crippen LogP contribution < -0.4 is 4.74 Å². The van der Waals surface area contributed by atoms with E-state index in [0.717, 1.165) is 11.5 Å². The van der Waals surface area contributed by atoms with Crippen LogP contribution >= 0.6 is 11.8 Å². The molecule has 0 aliphatic carbocycles. The molecule has 0 saturated carbocycles. The molecule has 22 heavy (non-hydrogen) atoms. The van der Waals surface area contributed by atoms with Crippen molar-refractivity contribution >= 4 is 11.8 Å². The third kappa shape index (κ3) is 1.69. The molecule has 2 aromatic carbocycles. The quantitative estimate of drug-likeness (QED) is 0.638. The number of aromatic nitrogens is 1. The Morgan fingerprint density at radius 1 is 1.00 bits per heavy atom. The molecule has 2 aliphatic rings. The van der Waals surface area contributed by atoms with Gasteiger partial charge in [0, 0.05) is 22.6 Å². The van der Waals surface area contributed by atoms with Crippen molar-refractivity contribution < 1.29 is 4.74 Å². The summed E-state index contributed by atoms with van der Waals surface area (Å²) in [5.41, 5.74) is 6.65. The maximum atomic E-state index is 5.91. The first kappa shape index (κ1) is 12.4. The molecule has 2 nitrogen and oxygen atoms in total. The van der Waals surface area contributed by atoms with E-state index in [1.165, 1.54) is 28.1 Å². The molecule has 0 spiro atoms. The van der Waals surface area contributed by atoms with Crippen molar-refractivity contribution in [3.8, 4) is 17.0 Å². The molecule has 0 amide bonds. The van der Waals surface area contributed by atoms with E-state index >= 15 is 0 Å². The van der Waals surface area contributed by atoms with Gasteiger partial charge in [0.1, 0.15) is 17.7 Å². The molecule has 108 valence electrons. The van der Waals surface area contributed by atoms with Crippen LogP contribution in [0, 0.1) is 0 Å². The van der Waals surface area contributed by atoms with E-state index in [1.807, 2.05) is 17.8 Å². The fourth-order valence-corrected chi connectivity index (χ4v) is 4.77. The number of ether oxygens (including phenoxy) is 1. The summed E-state index contributed by atoms with van der Waals surface area (Å²) >= 11 is 2.00. The molecular weight excluding hydrogens is 290 g/mol. The summed E-state index contributed by atoms with van der Waals surface area (Å²) in [6.45, 7) is 0.679. The second kappa shape index (κ2) is 4.68. The molecule has 0 fully saturated rings. The number of rotatable bonds is 1. The highest BCUT2D eigenvalue weighted by Crippen LogP contribution is 2.49. The highest BCUT2D eigenvalue weighted by molar-refractivity contribution is 7.99. The lowest BCUT2D eigenvalue weighted by Crippen LogP contribution is -2.10. The lowest BCUT2D eigenvalue weighted by atomic mass is 10.0. The van der Waals surface area contributed by atoms with Gasteiger partial charge in [0.05, 0.1) is 5.69 Å². The fourth-order valence-electron chi connectivity index (χ4n) is 3.47. The number of hydrogen-bond acceptors (Lipinski definition) is 2. The van der Waals surface area contributed by atoms with Gasteiger partial charge in [-0.15, -0.1) is 11.8 Å². The van der Waals surface area contributed by atoms with Crippen LogP contribution in [0.3, 0.4) is 0 Å². The summed E-state index contributed by atoms with van der Waals surface area (Å²) < 4.78 is 8.42. The number of nitrogens with zero attached hydrogens (tertiary/aromatic N) is 1. The van der Waals surface area contributed by atoms with Gasteiger partial charge in [-0.3, -0.25) is 0 Å². The summed E-state index contributed by atoms with van der Waals surface area (Å²) in [5, 5.41) is 0.367. The maximum Gasteiger partial charge on any atom is 0.129 e. The Bertz CT molecular complexity index is 853. The molecule has 0 radical (unpaired) electrons. The molecule has 1 aromatic heterocycles. The van der Waals surface area contributed by atoms with E-state index in [2.05, 4.69) is 59.2 Å². The van der Waals surface area contributed by atoms with Gasteiger partial charge >= 0.3 is 0 Å². The molecule has 1 atom stereocenters. The zero-order valence-corrected chi connectivity index (χ0v) is 12.8. The van der Waals surface area contributed by atoms with Crippen molar-refractivity contribution in [2.45, 2.75) is 17.7 Å². The minimum atomic E-state index is 0.367. The summed E-state index contributed by atoms with van der Waals surface area (Å²) in [6.07, 6.45) is 0. The predicted octanol–water partition coefficient (Wildman–Crippen LogP) is 4.84. The Balaban J connectivity index is 1.73. The van der Waals surface area contributed by atoms with Crippen LogP contribution in [0.2, 0.25) is 0 Å². The molecule has 2 aliphatic heterocycles. The van der Waals surface area contributed by atoms with Gasteiger partial charge in [-0.25, -0.2) is 0 Å². The summed E-state index contributed by atoms with van der Waals surface area (Å²) in [7, 11) is 0. The molecular formula is C19H15NOS. The zero-order chi connectivity index (χ0) is 14.5. The van der Waals surface area contributed by atoms with Gasteiger partial charge in [0.15, 0.2) is 0 Å². The monoisotopic (exact) mass is 305 g/mol. The number of hydrogen-bond donors (Lipinski definition) is 0. The number of thioether (sulfide) groups is 1. The van der Waals surface area contributed by atoms with E-state index in [1.54, 1.807) is 0 Å². The molecule has 0 bridgehead atoms. The largest absolute Gasteiger partial charge is 0.488 e. The maximum absolute atomic E-state index is 5.91. The normalized spacial score (nSPS) is 18.3. The van der Waals surface area contributed by atoms with Gasteiger partial charge < -0.3 is 9.30 Å². The number of para-hydroxylation sites is 1.